The molecule has 82 valence electrons. The first-order valence-corrected chi connectivity index (χ1v) is 6.35. The van der Waals surface area contributed by atoms with Crippen LogP contribution >= 0.6 is 11.3 Å². The average molecular weight is 231 g/mol. The summed E-state index contributed by atoms with van der Waals surface area (Å²) in [6, 6.07) is 8.05. The van der Waals surface area contributed by atoms with Crippen molar-refractivity contribution < 1.29 is 4.74 Å². The highest BCUT2D eigenvalue weighted by Crippen LogP contribution is 2.42. The predicted molar refractivity (Wildman–Crippen MR) is 66.1 cm³/mol. The maximum atomic E-state index is 5.35. The van der Waals surface area contributed by atoms with Crippen molar-refractivity contribution in [3.63, 3.8) is 0 Å². The lowest BCUT2D eigenvalue weighted by Gasteiger charge is -2.04. The van der Waals surface area contributed by atoms with Gasteiger partial charge in [-0.1, -0.05) is 12.1 Å². The summed E-state index contributed by atoms with van der Waals surface area (Å²) in [4.78, 5) is 4.69. The summed E-state index contributed by atoms with van der Waals surface area (Å²) in [5.74, 6) is 1.62. The van der Waals surface area contributed by atoms with Crippen LogP contribution in [0.1, 0.15) is 24.5 Å². The van der Waals surface area contributed by atoms with E-state index in [-0.39, 0.29) is 0 Å². The minimum atomic E-state index is 0.722. The fraction of sp³-hybridized carbons (Fsp3) is 0.308. The molecule has 0 N–H and O–H groups in total. The molecule has 0 spiro atoms. The van der Waals surface area contributed by atoms with E-state index in [1.54, 1.807) is 18.4 Å². The fourth-order valence-electron chi connectivity index (χ4n) is 1.80. The van der Waals surface area contributed by atoms with Crippen LogP contribution in [0.25, 0.3) is 10.6 Å². The predicted octanol–water partition coefficient (Wildman–Crippen LogP) is 3.70. The van der Waals surface area contributed by atoms with E-state index >= 15 is 0 Å². The second-order valence-electron chi connectivity index (χ2n) is 4.05. The van der Waals surface area contributed by atoms with Crippen LogP contribution in [0, 0.1) is 0 Å². The molecule has 1 aliphatic rings. The molecule has 3 rings (SSSR count). The van der Waals surface area contributed by atoms with Gasteiger partial charge in [0.1, 0.15) is 10.8 Å². The smallest absolute Gasteiger partial charge is 0.129 e. The molecule has 1 heterocycles. The molecule has 0 saturated heterocycles. The Morgan fingerprint density at radius 2 is 2.12 bits per heavy atom. The van der Waals surface area contributed by atoms with Crippen LogP contribution < -0.4 is 4.74 Å². The maximum Gasteiger partial charge on any atom is 0.129 e. The molecule has 0 aliphatic heterocycles. The summed E-state index contributed by atoms with van der Waals surface area (Å²) >= 11 is 1.71. The molecule has 1 fully saturated rings. The summed E-state index contributed by atoms with van der Waals surface area (Å²) in [6.07, 6.45) is 2.60. The Balaban J connectivity index is 2.00. The van der Waals surface area contributed by atoms with Gasteiger partial charge in [-0.05, 0) is 25.0 Å². The van der Waals surface area contributed by atoms with Gasteiger partial charge in [0.2, 0.25) is 0 Å². The summed E-state index contributed by atoms with van der Waals surface area (Å²) in [7, 11) is 1.70. The van der Waals surface area contributed by atoms with Crippen LogP contribution in [0.5, 0.6) is 5.75 Å². The first-order chi connectivity index (χ1) is 7.88. The third-order valence-electron chi connectivity index (χ3n) is 2.85. The SMILES string of the molecule is COc1ccccc1-c1nc(C2CC2)cs1. The molecular formula is C13H13NOS. The van der Waals surface area contributed by atoms with Gasteiger partial charge < -0.3 is 4.74 Å². The Kier molecular flexibility index (Phi) is 2.40. The number of thiazole rings is 1. The van der Waals surface area contributed by atoms with E-state index in [0.29, 0.717) is 0 Å². The zero-order valence-corrected chi connectivity index (χ0v) is 9.96. The lowest BCUT2D eigenvalue weighted by molar-refractivity contribution is 0.416. The van der Waals surface area contributed by atoms with Crippen molar-refractivity contribution in [2.24, 2.45) is 0 Å². The minimum Gasteiger partial charge on any atom is -0.496 e. The maximum absolute atomic E-state index is 5.35. The molecule has 2 nitrogen and oxygen atoms in total. The molecule has 0 unspecified atom stereocenters. The molecule has 1 aromatic heterocycles. The van der Waals surface area contributed by atoms with Crippen molar-refractivity contribution in [1.82, 2.24) is 4.98 Å². The fourth-order valence-corrected chi connectivity index (χ4v) is 2.73. The first-order valence-electron chi connectivity index (χ1n) is 5.47. The molecule has 3 heteroatoms. The molecular weight excluding hydrogens is 218 g/mol. The molecule has 1 saturated carbocycles. The van der Waals surface area contributed by atoms with Crippen molar-refractivity contribution in [3.8, 4) is 16.3 Å². The Morgan fingerprint density at radius 1 is 1.31 bits per heavy atom. The number of hydrogen-bond acceptors (Lipinski definition) is 3. The van der Waals surface area contributed by atoms with E-state index < -0.39 is 0 Å². The second kappa shape index (κ2) is 3.91. The first kappa shape index (κ1) is 9.85. The van der Waals surface area contributed by atoms with Gasteiger partial charge in [-0.3, -0.25) is 0 Å². The van der Waals surface area contributed by atoms with Crippen molar-refractivity contribution in [1.29, 1.82) is 0 Å². The molecule has 0 atom stereocenters. The van der Waals surface area contributed by atoms with Gasteiger partial charge in [0.25, 0.3) is 0 Å². The monoisotopic (exact) mass is 231 g/mol. The summed E-state index contributed by atoms with van der Waals surface area (Å²) < 4.78 is 5.35. The number of para-hydroxylation sites is 1. The number of rotatable bonds is 3. The van der Waals surface area contributed by atoms with Crippen LogP contribution in [0.3, 0.4) is 0 Å². The normalized spacial score (nSPS) is 15.1. The molecule has 16 heavy (non-hydrogen) atoms. The summed E-state index contributed by atoms with van der Waals surface area (Å²) in [5.41, 5.74) is 2.35. The van der Waals surface area contributed by atoms with Crippen molar-refractivity contribution >= 4 is 11.3 Å². The molecule has 1 aliphatic carbocycles. The third kappa shape index (κ3) is 1.71. The number of nitrogens with zero attached hydrogens (tertiary/aromatic N) is 1. The number of methoxy groups -OCH3 is 1. The van der Waals surface area contributed by atoms with Crippen molar-refractivity contribution in [2.45, 2.75) is 18.8 Å². The Morgan fingerprint density at radius 3 is 2.88 bits per heavy atom. The third-order valence-corrected chi connectivity index (χ3v) is 3.75. The number of benzene rings is 1. The van der Waals surface area contributed by atoms with Crippen molar-refractivity contribution in [2.75, 3.05) is 7.11 Å². The summed E-state index contributed by atoms with van der Waals surface area (Å²) in [5, 5.41) is 3.25. The van der Waals surface area contributed by atoms with Crippen LogP contribution in [-0.4, -0.2) is 12.1 Å². The van der Waals surface area contributed by atoms with Crippen LogP contribution in [-0.2, 0) is 0 Å². The molecule has 1 aromatic carbocycles. The second-order valence-corrected chi connectivity index (χ2v) is 4.91. The topological polar surface area (TPSA) is 22.1 Å². The molecule has 0 bridgehead atoms. The van der Waals surface area contributed by atoms with Crippen LogP contribution in [0.4, 0.5) is 0 Å². The number of hydrogen-bond donors (Lipinski definition) is 0. The lowest BCUT2D eigenvalue weighted by atomic mass is 10.2. The highest BCUT2D eigenvalue weighted by molar-refractivity contribution is 7.13. The van der Waals surface area contributed by atoms with Gasteiger partial charge in [0.15, 0.2) is 0 Å². The van der Waals surface area contributed by atoms with Crippen LogP contribution in [0.15, 0.2) is 29.6 Å². The van der Waals surface area contributed by atoms with E-state index in [4.69, 9.17) is 4.74 Å². The zero-order chi connectivity index (χ0) is 11.0. The minimum absolute atomic E-state index is 0.722. The van der Waals surface area contributed by atoms with Crippen LogP contribution in [0.2, 0.25) is 0 Å². The Labute approximate surface area is 98.9 Å². The Bertz CT molecular complexity index is 502. The van der Waals surface area contributed by atoms with E-state index in [1.165, 1.54) is 18.5 Å². The Hall–Kier alpha value is -1.35. The average Bonchev–Trinajstić information content (AvgIpc) is 3.07. The largest absolute Gasteiger partial charge is 0.496 e. The van der Waals surface area contributed by atoms with E-state index in [9.17, 15) is 0 Å². The van der Waals surface area contributed by atoms with Gasteiger partial charge in [-0.25, -0.2) is 4.98 Å². The van der Waals surface area contributed by atoms with Gasteiger partial charge in [0, 0.05) is 11.3 Å². The number of ether oxygens (including phenoxy) is 1. The highest BCUT2D eigenvalue weighted by Gasteiger charge is 2.26. The number of aromatic nitrogens is 1. The van der Waals surface area contributed by atoms with Gasteiger partial charge in [0.05, 0.1) is 18.4 Å². The van der Waals surface area contributed by atoms with Crippen molar-refractivity contribution in [3.05, 3.63) is 35.3 Å². The molecule has 2 aromatic rings. The van der Waals surface area contributed by atoms with E-state index in [1.807, 2.05) is 18.2 Å². The standard InChI is InChI=1S/C13H13NOS/c1-15-12-5-3-2-4-10(12)13-14-11(8-16-13)9-6-7-9/h2-5,8-9H,6-7H2,1H3. The highest BCUT2D eigenvalue weighted by atomic mass is 32.1. The van der Waals surface area contributed by atoms with E-state index in [0.717, 1.165) is 22.2 Å². The summed E-state index contributed by atoms with van der Waals surface area (Å²) in [6.45, 7) is 0. The van der Waals surface area contributed by atoms with Gasteiger partial charge in [-0.2, -0.15) is 0 Å². The van der Waals surface area contributed by atoms with Gasteiger partial charge >= 0.3 is 0 Å². The molecule has 0 amide bonds. The van der Waals surface area contributed by atoms with E-state index in [2.05, 4.69) is 16.4 Å². The quantitative estimate of drug-likeness (QED) is 0.803. The lowest BCUT2D eigenvalue weighted by Crippen LogP contribution is -1.87. The zero-order valence-electron chi connectivity index (χ0n) is 9.14. The van der Waals surface area contributed by atoms with Gasteiger partial charge in [-0.15, -0.1) is 11.3 Å². The molecule has 0 radical (unpaired) electrons.